The van der Waals surface area contributed by atoms with Crippen LogP contribution in [0.2, 0.25) is 5.02 Å². The van der Waals surface area contributed by atoms with Crippen LogP contribution < -0.4 is 4.72 Å². The fourth-order valence-electron chi connectivity index (χ4n) is 3.66. The minimum absolute atomic E-state index is 0.0892. The molecule has 1 aliphatic carbocycles. The van der Waals surface area contributed by atoms with Gasteiger partial charge in [-0.1, -0.05) is 11.6 Å². The van der Waals surface area contributed by atoms with Gasteiger partial charge in [-0.05, 0) is 31.0 Å². The number of hydrogen-bond acceptors (Lipinski definition) is 6. The van der Waals surface area contributed by atoms with E-state index in [2.05, 4.69) is 9.97 Å². The number of aromatic amines is 1. The number of ketones is 1. The zero-order valence-electron chi connectivity index (χ0n) is 18.0. The van der Waals surface area contributed by atoms with Gasteiger partial charge < -0.3 is 9.72 Å². The highest BCUT2D eigenvalue weighted by atomic mass is 35.5. The average Bonchev–Trinajstić information content (AvgIpc) is 3.45. The van der Waals surface area contributed by atoms with Gasteiger partial charge in [-0.2, -0.15) is 12.7 Å². The lowest BCUT2D eigenvalue weighted by Gasteiger charge is -2.22. The molecule has 0 spiro atoms. The van der Waals surface area contributed by atoms with Crippen molar-refractivity contribution in [3.05, 3.63) is 58.4 Å². The number of carbonyl (C=O) groups excluding carboxylic acids is 2. The van der Waals surface area contributed by atoms with E-state index in [4.69, 9.17) is 16.3 Å². The maximum Gasteiger partial charge on any atom is 0.313 e. The Balaban J connectivity index is 1.64. The quantitative estimate of drug-likeness (QED) is 0.353. The van der Waals surface area contributed by atoms with Crippen molar-refractivity contribution >= 4 is 50.3 Å². The number of benzene rings is 1. The standard InChI is InChI=1S/C21H19ClF2N4O5S/c1-28(10-21(5-6-21)20(30)33-2)34(31,32)27-15-4-3-14(23)16(17(15)24)18(29)13-9-26-19-12(13)7-11(22)8-25-19/h3-4,7-9,27H,5-6,10H2,1-2H3,(H,25,26). The first-order valence-electron chi connectivity index (χ1n) is 9.97. The molecule has 4 rings (SSSR count). The lowest BCUT2D eigenvalue weighted by molar-refractivity contribution is -0.147. The van der Waals surface area contributed by atoms with E-state index < -0.39 is 50.3 Å². The number of nitrogens with one attached hydrogen (secondary N) is 2. The number of H-pyrrole nitrogens is 1. The Kier molecular flexibility index (Phi) is 6.08. The summed E-state index contributed by atoms with van der Waals surface area (Å²) in [5.41, 5.74) is -2.33. The highest BCUT2D eigenvalue weighted by molar-refractivity contribution is 7.90. The molecule has 2 heterocycles. The maximum absolute atomic E-state index is 15.2. The zero-order chi connectivity index (χ0) is 24.8. The van der Waals surface area contributed by atoms with E-state index in [1.165, 1.54) is 32.6 Å². The summed E-state index contributed by atoms with van der Waals surface area (Å²) in [6.45, 7) is -0.188. The van der Waals surface area contributed by atoms with E-state index in [0.29, 0.717) is 12.8 Å². The minimum Gasteiger partial charge on any atom is -0.469 e. The normalized spacial score (nSPS) is 14.9. The molecule has 0 unspecified atom stereocenters. The van der Waals surface area contributed by atoms with Gasteiger partial charge in [-0.25, -0.2) is 13.8 Å². The van der Waals surface area contributed by atoms with Gasteiger partial charge in [-0.15, -0.1) is 0 Å². The van der Waals surface area contributed by atoms with Crippen molar-refractivity contribution in [3.63, 3.8) is 0 Å². The Morgan fingerprint density at radius 2 is 2.03 bits per heavy atom. The van der Waals surface area contributed by atoms with Crippen LogP contribution in [0.5, 0.6) is 0 Å². The van der Waals surface area contributed by atoms with Gasteiger partial charge in [0.05, 0.1) is 28.8 Å². The van der Waals surface area contributed by atoms with Gasteiger partial charge in [0.2, 0.25) is 5.78 Å². The molecule has 34 heavy (non-hydrogen) atoms. The highest BCUT2D eigenvalue weighted by Crippen LogP contribution is 2.47. The third kappa shape index (κ3) is 4.24. The van der Waals surface area contributed by atoms with E-state index in [1.807, 2.05) is 4.72 Å². The molecule has 1 saturated carbocycles. The number of aromatic nitrogens is 2. The predicted octanol–water partition coefficient (Wildman–Crippen LogP) is 3.27. The summed E-state index contributed by atoms with van der Waals surface area (Å²) in [5, 5.41) is 0.464. The van der Waals surface area contributed by atoms with Gasteiger partial charge in [0.25, 0.3) is 0 Å². The number of anilines is 1. The second kappa shape index (κ2) is 8.60. The van der Waals surface area contributed by atoms with Crippen LogP contribution in [-0.4, -0.2) is 55.1 Å². The fraction of sp³-hybridized carbons (Fsp3) is 0.286. The number of esters is 1. The Bertz CT molecular complexity index is 1420. The maximum atomic E-state index is 15.2. The molecular weight excluding hydrogens is 494 g/mol. The predicted molar refractivity (Wildman–Crippen MR) is 120 cm³/mol. The van der Waals surface area contributed by atoms with Gasteiger partial charge in [0, 0.05) is 36.9 Å². The van der Waals surface area contributed by atoms with E-state index in [9.17, 15) is 22.4 Å². The zero-order valence-corrected chi connectivity index (χ0v) is 19.6. The molecule has 3 aromatic rings. The molecule has 9 nitrogen and oxygen atoms in total. The molecule has 1 fully saturated rings. The van der Waals surface area contributed by atoms with Crippen LogP contribution in [0.4, 0.5) is 14.5 Å². The first-order chi connectivity index (χ1) is 16.0. The SMILES string of the molecule is COC(=O)C1(CN(C)S(=O)(=O)Nc2ccc(F)c(C(=O)c3c[nH]c4ncc(Cl)cc34)c2F)CC1. The van der Waals surface area contributed by atoms with Gasteiger partial charge in [-0.3, -0.25) is 14.3 Å². The third-order valence-corrected chi connectivity index (χ3v) is 7.34. The summed E-state index contributed by atoms with van der Waals surface area (Å²) >= 11 is 5.92. The number of pyridine rings is 1. The van der Waals surface area contributed by atoms with E-state index >= 15 is 4.39 Å². The van der Waals surface area contributed by atoms with Crippen molar-refractivity contribution in [1.82, 2.24) is 14.3 Å². The number of halogens is 3. The number of methoxy groups -OCH3 is 1. The molecule has 0 saturated heterocycles. The van der Waals surface area contributed by atoms with Crippen molar-refractivity contribution < 1.29 is 31.5 Å². The van der Waals surface area contributed by atoms with E-state index in [1.54, 1.807) is 0 Å². The molecule has 0 atom stereocenters. The smallest absolute Gasteiger partial charge is 0.313 e. The van der Waals surface area contributed by atoms with Crippen LogP contribution in [0.1, 0.15) is 28.8 Å². The van der Waals surface area contributed by atoms with Crippen LogP contribution in [-0.2, 0) is 19.7 Å². The molecule has 0 bridgehead atoms. The first kappa shape index (κ1) is 24.0. The molecule has 0 radical (unpaired) electrons. The summed E-state index contributed by atoms with van der Waals surface area (Å²) in [6.07, 6.45) is 3.48. The van der Waals surface area contributed by atoms with Crippen LogP contribution in [0.3, 0.4) is 0 Å². The number of fused-ring (bicyclic) bond motifs is 1. The summed E-state index contributed by atoms with van der Waals surface area (Å²) in [6, 6.07) is 3.07. The lowest BCUT2D eigenvalue weighted by atomic mass is 10.0. The minimum atomic E-state index is -4.35. The van der Waals surface area contributed by atoms with Crippen LogP contribution >= 0.6 is 11.6 Å². The molecule has 0 aliphatic heterocycles. The molecule has 180 valence electrons. The number of carbonyl (C=O) groups is 2. The van der Waals surface area contributed by atoms with Gasteiger partial charge in [0.15, 0.2) is 5.82 Å². The van der Waals surface area contributed by atoms with Crippen LogP contribution in [0.25, 0.3) is 11.0 Å². The Hall–Kier alpha value is -3.09. The number of ether oxygens (including phenoxy) is 1. The van der Waals surface area contributed by atoms with Crippen molar-refractivity contribution in [2.75, 3.05) is 25.4 Å². The van der Waals surface area contributed by atoms with Crippen molar-refractivity contribution in [1.29, 1.82) is 0 Å². The van der Waals surface area contributed by atoms with Crippen LogP contribution in [0.15, 0.2) is 30.6 Å². The second-order valence-corrected chi connectivity index (χ2v) is 10.2. The number of rotatable bonds is 8. The Morgan fingerprint density at radius 1 is 1.32 bits per heavy atom. The topological polar surface area (TPSA) is 121 Å². The molecule has 0 amide bonds. The molecule has 13 heteroatoms. The van der Waals surface area contributed by atoms with Crippen molar-refractivity contribution in [2.45, 2.75) is 12.8 Å². The molecule has 1 aromatic carbocycles. The lowest BCUT2D eigenvalue weighted by Crippen LogP contribution is -2.39. The first-order valence-corrected chi connectivity index (χ1v) is 11.8. The molecule has 1 aliphatic rings. The van der Waals surface area contributed by atoms with Gasteiger partial charge >= 0.3 is 16.2 Å². The number of nitrogens with zero attached hydrogens (tertiary/aromatic N) is 2. The van der Waals surface area contributed by atoms with E-state index in [-0.39, 0.29) is 28.2 Å². The summed E-state index contributed by atoms with van der Waals surface area (Å²) < 4.78 is 62.9. The summed E-state index contributed by atoms with van der Waals surface area (Å²) in [4.78, 5) is 31.7. The Labute approximate surface area is 198 Å². The van der Waals surface area contributed by atoms with Crippen LogP contribution in [0, 0.1) is 17.0 Å². The molecular formula is C21H19ClF2N4O5S. The molecule has 2 N–H and O–H groups in total. The largest absolute Gasteiger partial charge is 0.469 e. The fourth-order valence-corrected chi connectivity index (χ4v) is 4.83. The highest BCUT2D eigenvalue weighted by Gasteiger charge is 2.53. The molecule has 2 aromatic heterocycles. The summed E-state index contributed by atoms with van der Waals surface area (Å²) in [5.74, 6) is -4.13. The average molecular weight is 513 g/mol. The van der Waals surface area contributed by atoms with Crippen molar-refractivity contribution in [2.24, 2.45) is 5.41 Å². The van der Waals surface area contributed by atoms with E-state index in [0.717, 1.165) is 16.4 Å². The second-order valence-electron chi connectivity index (χ2n) is 8.00. The number of hydrogen-bond donors (Lipinski definition) is 2. The third-order valence-electron chi connectivity index (χ3n) is 5.71. The summed E-state index contributed by atoms with van der Waals surface area (Å²) in [7, 11) is -1.93. The van der Waals surface area contributed by atoms with Gasteiger partial charge in [0.1, 0.15) is 11.5 Å². The van der Waals surface area contributed by atoms with Crippen molar-refractivity contribution in [3.8, 4) is 0 Å². The Morgan fingerprint density at radius 3 is 2.68 bits per heavy atom. The monoisotopic (exact) mass is 512 g/mol.